The number of hydrogen-bond acceptors (Lipinski definition) is 6. The second-order valence-corrected chi connectivity index (χ2v) is 3.40. The zero-order valence-corrected chi connectivity index (χ0v) is 9.49. The SMILES string of the molecule is OCCCC(O)CO.OCCCC(O)CO. The molecule has 6 nitrogen and oxygen atoms in total. The van der Waals surface area contributed by atoms with Crippen LogP contribution in [0.4, 0.5) is 0 Å². The number of aliphatic hydroxyl groups excluding tert-OH is 6. The Labute approximate surface area is 95.8 Å². The quantitative estimate of drug-likeness (QED) is 0.298. The van der Waals surface area contributed by atoms with Gasteiger partial charge in [0.15, 0.2) is 0 Å². The summed E-state index contributed by atoms with van der Waals surface area (Å²) in [5, 5.41) is 50.2. The summed E-state index contributed by atoms with van der Waals surface area (Å²) in [7, 11) is 0. The van der Waals surface area contributed by atoms with Gasteiger partial charge in [0.25, 0.3) is 0 Å². The highest BCUT2D eigenvalue weighted by Gasteiger charge is 1.98. The normalized spacial score (nSPS) is 13.9. The van der Waals surface area contributed by atoms with Crippen molar-refractivity contribution in [2.24, 2.45) is 0 Å². The molecule has 0 aliphatic rings. The van der Waals surface area contributed by atoms with Gasteiger partial charge in [-0.3, -0.25) is 0 Å². The minimum Gasteiger partial charge on any atom is -0.396 e. The zero-order valence-electron chi connectivity index (χ0n) is 9.49. The minimum absolute atomic E-state index is 0.0804. The maximum Gasteiger partial charge on any atom is 0.0771 e. The Bertz CT molecular complexity index is 108. The van der Waals surface area contributed by atoms with Gasteiger partial charge in [-0.2, -0.15) is 0 Å². The van der Waals surface area contributed by atoms with E-state index in [0.717, 1.165) is 0 Å². The molecule has 0 spiro atoms. The number of rotatable bonds is 8. The molecule has 0 aromatic rings. The van der Waals surface area contributed by atoms with E-state index in [9.17, 15) is 0 Å². The molecule has 0 saturated carbocycles. The Balaban J connectivity index is 0. The maximum atomic E-state index is 8.63. The van der Waals surface area contributed by atoms with Crippen LogP contribution >= 0.6 is 0 Å². The second-order valence-electron chi connectivity index (χ2n) is 3.40. The van der Waals surface area contributed by atoms with Crippen LogP contribution in [-0.2, 0) is 0 Å². The van der Waals surface area contributed by atoms with Gasteiger partial charge in [-0.05, 0) is 25.7 Å². The molecule has 0 bridgehead atoms. The van der Waals surface area contributed by atoms with E-state index in [0.29, 0.717) is 25.7 Å². The van der Waals surface area contributed by atoms with Gasteiger partial charge in [0, 0.05) is 13.2 Å². The molecule has 6 heteroatoms. The lowest BCUT2D eigenvalue weighted by Crippen LogP contribution is -2.11. The van der Waals surface area contributed by atoms with Crippen LogP contribution in [0.1, 0.15) is 25.7 Å². The Hall–Kier alpha value is -0.240. The molecule has 0 heterocycles. The summed E-state index contributed by atoms with van der Waals surface area (Å²) in [6, 6.07) is 0. The molecule has 2 unspecified atom stereocenters. The van der Waals surface area contributed by atoms with E-state index in [4.69, 9.17) is 30.6 Å². The second kappa shape index (κ2) is 14.8. The van der Waals surface area contributed by atoms with Crippen LogP contribution in [0.5, 0.6) is 0 Å². The van der Waals surface area contributed by atoms with Gasteiger partial charge in [-0.1, -0.05) is 0 Å². The molecule has 0 aromatic carbocycles. The highest BCUT2D eigenvalue weighted by Crippen LogP contribution is 1.93. The molecule has 0 saturated heterocycles. The highest BCUT2D eigenvalue weighted by molar-refractivity contribution is 4.50. The molecule has 6 N–H and O–H groups in total. The topological polar surface area (TPSA) is 121 Å². The third-order valence-electron chi connectivity index (χ3n) is 1.81. The summed E-state index contributed by atoms with van der Waals surface area (Å²) in [6.07, 6.45) is 0.771. The van der Waals surface area contributed by atoms with Gasteiger partial charge in [-0.15, -0.1) is 0 Å². The van der Waals surface area contributed by atoms with E-state index in [1.165, 1.54) is 0 Å². The van der Waals surface area contributed by atoms with Gasteiger partial charge in [-0.25, -0.2) is 0 Å². The van der Waals surface area contributed by atoms with E-state index in [1.54, 1.807) is 0 Å². The molecule has 100 valence electrons. The summed E-state index contributed by atoms with van der Waals surface area (Å²) < 4.78 is 0. The van der Waals surface area contributed by atoms with E-state index >= 15 is 0 Å². The largest absolute Gasteiger partial charge is 0.396 e. The van der Waals surface area contributed by atoms with Crippen molar-refractivity contribution in [3.05, 3.63) is 0 Å². The average molecular weight is 240 g/mol. The van der Waals surface area contributed by atoms with Crippen molar-refractivity contribution < 1.29 is 30.6 Å². The third-order valence-corrected chi connectivity index (χ3v) is 1.81. The van der Waals surface area contributed by atoms with Gasteiger partial charge < -0.3 is 30.6 Å². The van der Waals surface area contributed by atoms with Crippen LogP contribution in [0, 0.1) is 0 Å². The van der Waals surface area contributed by atoms with Crippen LogP contribution in [0.3, 0.4) is 0 Å². The van der Waals surface area contributed by atoms with E-state index in [1.807, 2.05) is 0 Å². The summed E-state index contributed by atoms with van der Waals surface area (Å²) in [6.45, 7) is -0.256. The molecular formula is C10H24O6. The maximum absolute atomic E-state index is 8.63. The molecule has 0 aliphatic heterocycles. The van der Waals surface area contributed by atoms with E-state index < -0.39 is 12.2 Å². The molecular weight excluding hydrogens is 216 g/mol. The van der Waals surface area contributed by atoms with E-state index in [2.05, 4.69) is 0 Å². The molecule has 0 radical (unpaired) electrons. The minimum atomic E-state index is -0.651. The summed E-state index contributed by atoms with van der Waals surface area (Å²) in [5.41, 5.74) is 0. The van der Waals surface area contributed by atoms with Crippen molar-refractivity contribution in [2.75, 3.05) is 26.4 Å². The van der Waals surface area contributed by atoms with Gasteiger partial charge in [0.1, 0.15) is 0 Å². The fourth-order valence-electron chi connectivity index (χ4n) is 0.836. The molecule has 2 atom stereocenters. The van der Waals surface area contributed by atoms with E-state index in [-0.39, 0.29) is 26.4 Å². The van der Waals surface area contributed by atoms with Crippen molar-refractivity contribution in [1.82, 2.24) is 0 Å². The standard InChI is InChI=1S/2C5H12O3/c2*6-3-1-2-5(8)4-7/h2*5-8H,1-4H2. The zero-order chi connectivity index (χ0) is 12.8. The summed E-state index contributed by atoms with van der Waals surface area (Å²) in [4.78, 5) is 0. The van der Waals surface area contributed by atoms with Crippen LogP contribution in [0.25, 0.3) is 0 Å². The molecule has 0 amide bonds. The average Bonchev–Trinajstić information content (AvgIpc) is 2.33. The first kappa shape index (κ1) is 18.1. The monoisotopic (exact) mass is 240 g/mol. The van der Waals surface area contributed by atoms with Gasteiger partial charge in [0.2, 0.25) is 0 Å². The van der Waals surface area contributed by atoms with Crippen LogP contribution < -0.4 is 0 Å². The first-order valence-electron chi connectivity index (χ1n) is 5.41. The van der Waals surface area contributed by atoms with Gasteiger partial charge in [0.05, 0.1) is 25.4 Å². The fraction of sp³-hybridized carbons (Fsp3) is 1.00. The fourth-order valence-corrected chi connectivity index (χ4v) is 0.836. The molecule has 0 aromatic heterocycles. The molecule has 16 heavy (non-hydrogen) atoms. The van der Waals surface area contributed by atoms with Gasteiger partial charge >= 0.3 is 0 Å². The van der Waals surface area contributed by atoms with Crippen molar-refractivity contribution in [3.8, 4) is 0 Å². The predicted molar refractivity (Wildman–Crippen MR) is 58.8 cm³/mol. The van der Waals surface area contributed by atoms with Crippen LogP contribution in [-0.4, -0.2) is 69.3 Å². The lowest BCUT2D eigenvalue weighted by Gasteiger charge is -2.02. The summed E-state index contributed by atoms with van der Waals surface area (Å²) in [5.74, 6) is 0. The molecule has 0 aliphatic carbocycles. The molecule has 0 fully saturated rings. The van der Waals surface area contributed by atoms with Crippen molar-refractivity contribution in [2.45, 2.75) is 37.9 Å². The Morgan fingerprint density at radius 1 is 0.625 bits per heavy atom. The molecule has 0 rings (SSSR count). The Morgan fingerprint density at radius 2 is 0.938 bits per heavy atom. The first-order valence-corrected chi connectivity index (χ1v) is 5.41. The Morgan fingerprint density at radius 3 is 1.12 bits per heavy atom. The predicted octanol–water partition coefficient (Wildman–Crippen LogP) is -1.78. The Kier molecular flexibility index (Phi) is 16.7. The van der Waals surface area contributed by atoms with Crippen molar-refractivity contribution >= 4 is 0 Å². The van der Waals surface area contributed by atoms with Crippen molar-refractivity contribution in [3.63, 3.8) is 0 Å². The number of hydrogen-bond donors (Lipinski definition) is 6. The van der Waals surface area contributed by atoms with Crippen LogP contribution in [0.2, 0.25) is 0 Å². The lowest BCUT2D eigenvalue weighted by atomic mass is 10.2. The third kappa shape index (κ3) is 16.2. The highest BCUT2D eigenvalue weighted by atomic mass is 16.3. The number of aliphatic hydroxyl groups is 6. The van der Waals surface area contributed by atoms with Crippen molar-refractivity contribution in [1.29, 1.82) is 0 Å². The van der Waals surface area contributed by atoms with Crippen LogP contribution in [0.15, 0.2) is 0 Å². The lowest BCUT2D eigenvalue weighted by molar-refractivity contribution is 0.0816. The smallest absolute Gasteiger partial charge is 0.0771 e. The first-order chi connectivity index (χ1) is 7.62. The summed E-state index contributed by atoms with van der Waals surface area (Å²) >= 11 is 0.